The van der Waals surface area contributed by atoms with Gasteiger partial charge in [-0.15, -0.1) is 11.8 Å². The number of ether oxygens (including phenoxy) is 2. The number of thioether (sulfide) groups is 1. The summed E-state index contributed by atoms with van der Waals surface area (Å²) in [5, 5.41) is 5.76. The molecule has 7 heteroatoms. The monoisotopic (exact) mass is 450 g/mol. The predicted molar refractivity (Wildman–Crippen MR) is 129 cm³/mol. The van der Waals surface area contributed by atoms with Gasteiger partial charge in [0.05, 0.1) is 17.9 Å². The van der Waals surface area contributed by atoms with Crippen LogP contribution in [0.3, 0.4) is 0 Å². The van der Waals surface area contributed by atoms with Crippen molar-refractivity contribution in [1.29, 1.82) is 0 Å². The molecule has 0 aliphatic carbocycles. The quantitative estimate of drug-likeness (QED) is 0.336. The first-order valence-corrected chi connectivity index (χ1v) is 11.2. The molecule has 3 rings (SSSR count). The normalized spacial score (nSPS) is 10.4. The Balaban J connectivity index is 1.57. The molecule has 0 aromatic heterocycles. The topological polar surface area (TPSA) is 76.7 Å². The van der Waals surface area contributed by atoms with Crippen molar-refractivity contribution >= 4 is 35.0 Å². The van der Waals surface area contributed by atoms with Crippen molar-refractivity contribution in [3.05, 3.63) is 83.9 Å². The van der Waals surface area contributed by atoms with Gasteiger partial charge in [0, 0.05) is 23.4 Å². The maximum atomic E-state index is 12.8. The van der Waals surface area contributed by atoms with E-state index in [4.69, 9.17) is 9.47 Å². The summed E-state index contributed by atoms with van der Waals surface area (Å²) in [5.74, 6) is 0.542. The van der Waals surface area contributed by atoms with E-state index in [0.717, 1.165) is 16.1 Å². The minimum Gasteiger partial charge on any atom is -0.491 e. The molecule has 0 aliphatic heterocycles. The second-order valence-electron chi connectivity index (χ2n) is 7.02. The van der Waals surface area contributed by atoms with E-state index in [-0.39, 0.29) is 17.6 Å². The molecule has 6 nitrogen and oxygen atoms in total. The van der Waals surface area contributed by atoms with Crippen molar-refractivity contribution in [1.82, 2.24) is 0 Å². The third kappa shape index (κ3) is 7.14. The van der Waals surface area contributed by atoms with Gasteiger partial charge in [-0.05, 0) is 55.5 Å². The highest BCUT2D eigenvalue weighted by Gasteiger charge is 2.13. The minimum absolute atomic E-state index is 0.127. The number of amides is 2. The van der Waals surface area contributed by atoms with Gasteiger partial charge in [0.25, 0.3) is 5.91 Å². The van der Waals surface area contributed by atoms with Crippen molar-refractivity contribution in [2.75, 3.05) is 36.7 Å². The Bertz CT molecular complexity index is 1040. The Labute approximate surface area is 192 Å². The summed E-state index contributed by atoms with van der Waals surface area (Å²) in [6.07, 6.45) is 0. The molecule has 0 radical (unpaired) electrons. The zero-order chi connectivity index (χ0) is 22.8. The molecule has 0 fully saturated rings. The third-order valence-corrected chi connectivity index (χ3v) is 5.57. The highest BCUT2D eigenvalue weighted by atomic mass is 32.2. The molecule has 2 N–H and O–H groups in total. The van der Waals surface area contributed by atoms with Gasteiger partial charge >= 0.3 is 0 Å². The van der Waals surface area contributed by atoms with Gasteiger partial charge in [-0.25, -0.2) is 0 Å². The lowest BCUT2D eigenvalue weighted by Crippen LogP contribution is -2.16. The number of carbonyl (C=O) groups excluding carboxylic acids is 2. The molecule has 0 atom stereocenters. The molecule has 0 spiro atoms. The second-order valence-corrected chi connectivity index (χ2v) is 8.04. The average molecular weight is 451 g/mol. The van der Waals surface area contributed by atoms with Crippen molar-refractivity contribution < 1.29 is 19.1 Å². The van der Waals surface area contributed by atoms with E-state index in [0.29, 0.717) is 30.2 Å². The molecule has 0 bridgehead atoms. The van der Waals surface area contributed by atoms with E-state index in [1.54, 1.807) is 43.5 Å². The highest BCUT2D eigenvalue weighted by molar-refractivity contribution is 8.00. The Hall–Kier alpha value is -3.29. The summed E-state index contributed by atoms with van der Waals surface area (Å²) in [4.78, 5) is 25.9. The number of aryl methyl sites for hydroxylation is 1. The van der Waals surface area contributed by atoms with Crippen LogP contribution in [0.15, 0.2) is 77.7 Å². The number of carbonyl (C=O) groups is 2. The van der Waals surface area contributed by atoms with Crippen LogP contribution in [0.5, 0.6) is 5.75 Å². The fourth-order valence-corrected chi connectivity index (χ4v) is 3.68. The number of methoxy groups -OCH3 is 1. The van der Waals surface area contributed by atoms with Crippen molar-refractivity contribution in [2.45, 2.75) is 11.8 Å². The summed E-state index contributed by atoms with van der Waals surface area (Å²) in [6, 6.07) is 22.0. The number of hydrogen-bond donors (Lipinski definition) is 2. The zero-order valence-electron chi connectivity index (χ0n) is 18.1. The maximum Gasteiger partial charge on any atom is 0.256 e. The number of hydrogen-bond acceptors (Lipinski definition) is 5. The molecule has 0 unspecified atom stereocenters. The molecule has 3 aromatic rings. The van der Waals surface area contributed by atoms with Gasteiger partial charge in [-0.3, -0.25) is 9.59 Å². The first kappa shape index (κ1) is 23.4. The van der Waals surface area contributed by atoms with Crippen LogP contribution in [0.25, 0.3) is 0 Å². The second kappa shape index (κ2) is 11.9. The van der Waals surface area contributed by atoms with E-state index in [2.05, 4.69) is 10.6 Å². The number of rotatable bonds is 10. The number of nitrogens with one attached hydrogen (secondary N) is 2. The van der Waals surface area contributed by atoms with Gasteiger partial charge in [0.1, 0.15) is 12.4 Å². The van der Waals surface area contributed by atoms with Crippen LogP contribution in [0.1, 0.15) is 15.9 Å². The van der Waals surface area contributed by atoms with E-state index in [9.17, 15) is 9.59 Å². The van der Waals surface area contributed by atoms with E-state index >= 15 is 0 Å². The summed E-state index contributed by atoms with van der Waals surface area (Å²) in [7, 11) is 1.62. The van der Waals surface area contributed by atoms with Crippen LogP contribution in [0.4, 0.5) is 11.4 Å². The molecule has 0 heterocycles. The lowest BCUT2D eigenvalue weighted by molar-refractivity contribution is -0.113. The third-order valence-electron chi connectivity index (χ3n) is 4.49. The van der Waals surface area contributed by atoms with Gasteiger partial charge < -0.3 is 20.1 Å². The molecule has 2 amide bonds. The lowest BCUT2D eigenvalue weighted by atomic mass is 10.2. The van der Waals surface area contributed by atoms with E-state index in [1.165, 1.54) is 11.8 Å². The summed E-state index contributed by atoms with van der Waals surface area (Å²) in [5.41, 5.74) is 3.06. The van der Waals surface area contributed by atoms with Crippen molar-refractivity contribution in [2.24, 2.45) is 0 Å². The number of anilines is 2. The maximum absolute atomic E-state index is 12.8. The van der Waals surface area contributed by atoms with Crippen LogP contribution >= 0.6 is 11.8 Å². The van der Waals surface area contributed by atoms with Gasteiger partial charge in [0.2, 0.25) is 5.91 Å². The lowest BCUT2D eigenvalue weighted by Gasteiger charge is -2.11. The van der Waals surface area contributed by atoms with Crippen LogP contribution in [-0.2, 0) is 9.53 Å². The van der Waals surface area contributed by atoms with Crippen LogP contribution < -0.4 is 15.4 Å². The fraction of sp³-hybridized carbons (Fsp3) is 0.200. The Kier molecular flexibility index (Phi) is 8.71. The van der Waals surface area contributed by atoms with Crippen LogP contribution in [0, 0.1) is 6.92 Å². The molecule has 3 aromatic carbocycles. The van der Waals surface area contributed by atoms with Gasteiger partial charge in [-0.1, -0.05) is 29.8 Å². The molecule has 166 valence electrons. The van der Waals surface area contributed by atoms with E-state index < -0.39 is 0 Å². The fourth-order valence-electron chi connectivity index (χ4n) is 2.83. The largest absolute Gasteiger partial charge is 0.491 e. The smallest absolute Gasteiger partial charge is 0.256 e. The molecular formula is C25H26N2O4S. The van der Waals surface area contributed by atoms with Gasteiger partial charge in [-0.2, -0.15) is 0 Å². The zero-order valence-corrected chi connectivity index (χ0v) is 18.9. The van der Waals surface area contributed by atoms with Crippen molar-refractivity contribution in [3.8, 4) is 5.75 Å². The first-order chi connectivity index (χ1) is 15.5. The summed E-state index contributed by atoms with van der Waals surface area (Å²) < 4.78 is 10.5. The predicted octanol–water partition coefficient (Wildman–Crippen LogP) is 5.00. The Morgan fingerprint density at radius 3 is 2.22 bits per heavy atom. The molecule has 0 saturated carbocycles. The standard InChI is InChI=1S/C25H26N2O4S/c1-18-7-9-19(10-8-18)26-24(28)17-32-23-6-4-3-5-22(23)25(29)27-20-11-13-21(14-12-20)31-16-15-30-2/h3-14H,15-17H2,1-2H3,(H,26,28)(H,27,29). The van der Waals surface area contributed by atoms with E-state index in [1.807, 2.05) is 43.3 Å². The summed E-state index contributed by atoms with van der Waals surface area (Å²) in [6.45, 7) is 2.97. The molecule has 32 heavy (non-hydrogen) atoms. The molecule has 0 saturated heterocycles. The minimum atomic E-state index is -0.236. The molecule has 0 aliphatic rings. The van der Waals surface area contributed by atoms with Crippen molar-refractivity contribution in [3.63, 3.8) is 0 Å². The average Bonchev–Trinajstić information content (AvgIpc) is 2.81. The SMILES string of the molecule is COCCOc1ccc(NC(=O)c2ccccc2SCC(=O)Nc2ccc(C)cc2)cc1. The number of benzene rings is 3. The Morgan fingerprint density at radius 2 is 1.50 bits per heavy atom. The van der Waals surface area contributed by atoms with Gasteiger partial charge in [0.15, 0.2) is 0 Å². The molecular weight excluding hydrogens is 424 g/mol. The first-order valence-electron chi connectivity index (χ1n) is 10.2. The van der Waals surface area contributed by atoms with Crippen LogP contribution in [-0.4, -0.2) is 37.9 Å². The van der Waals surface area contributed by atoms with Crippen LogP contribution in [0.2, 0.25) is 0 Å². The summed E-state index contributed by atoms with van der Waals surface area (Å²) >= 11 is 1.33. The highest BCUT2D eigenvalue weighted by Crippen LogP contribution is 2.24. The Morgan fingerprint density at radius 1 is 0.844 bits per heavy atom.